The molecule has 0 atom stereocenters. The summed E-state index contributed by atoms with van der Waals surface area (Å²) in [5.41, 5.74) is 0.500. The van der Waals surface area contributed by atoms with Crippen molar-refractivity contribution in [3.05, 3.63) is 81.1 Å². The number of benzene rings is 1. The highest BCUT2D eigenvalue weighted by Gasteiger charge is 2.16. The van der Waals surface area contributed by atoms with E-state index in [0.29, 0.717) is 26.4 Å². The lowest BCUT2D eigenvalue weighted by Crippen LogP contribution is -2.05. The number of nitro groups is 1. The average Bonchev–Trinajstić information content (AvgIpc) is 3.08. The van der Waals surface area contributed by atoms with E-state index in [-0.39, 0.29) is 17.0 Å². The number of aromatic amines is 1. The summed E-state index contributed by atoms with van der Waals surface area (Å²) in [6.07, 6.45) is 3.05. The second-order valence-electron chi connectivity index (χ2n) is 5.52. The van der Waals surface area contributed by atoms with Gasteiger partial charge in [0.1, 0.15) is 5.75 Å². The highest BCUT2D eigenvalue weighted by molar-refractivity contribution is 7.22. The summed E-state index contributed by atoms with van der Waals surface area (Å²) >= 11 is 1.29. The quantitative estimate of drug-likeness (QED) is 0.413. The van der Waals surface area contributed by atoms with E-state index in [1.807, 2.05) is 0 Å². The highest BCUT2D eigenvalue weighted by atomic mass is 32.1. The molecular formula is C18H10FN3O4S. The molecular weight excluding hydrogens is 373 g/mol. The number of hydrogen-bond acceptors (Lipinski definition) is 6. The first-order chi connectivity index (χ1) is 13.0. The van der Waals surface area contributed by atoms with E-state index in [2.05, 4.69) is 9.97 Å². The van der Waals surface area contributed by atoms with Crippen LogP contribution in [0.1, 0.15) is 0 Å². The molecule has 1 N–H and O–H groups in total. The van der Waals surface area contributed by atoms with Gasteiger partial charge >= 0.3 is 0 Å². The van der Waals surface area contributed by atoms with Gasteiger partial charge in [-0.25, -0.2) is 4.39 Å². The van der Waals surface area contributed by atoms with Gasteiger partial charge in [-0.15, -0.1) is 11.3 Å². The molecule has 7 nitrogen and oxygen atoms in total. The summed E-state index contributed by atoms with van der Waals surface area (Å²) in [6, 6.07) is 9.91. The van der Waals surface area contributed by atoms with E-state index in [0.717, 1.165) is 6.07 Å². The zero-order chi connectivity index (χ0) is 19.0. The molecule has 27 heavy (non-hydrogen) atoms. The third kappa shape index (κ3) is 3.15. The molecule has 0 aliphatic carbocycles. The second kappa shape index (κ2) is 6.61. The van der Waals surface area contributed by atoms with Crippen LogP contribution in [0.5, 0.6) is 11.5 Å². The first kappa shape index (κ1) is 16.9. The third-order valence-corrected chi connectivity index (χ3v) is 4.98. The van der Waals surface area contributed by atoms with Crippen molar-refractivity contribution < 1.29 is 14.1 Å². The number of thiophene rings is 1. The fourth-order valence-electron chi connectivity index (χ4n) is 2.55. The molecule has 0 aliphatic rings. The number of fused-ring (bicyclic) bond motifs is 1. The number of hydrogen-bond donors (Lipinski definition) is 1. The van der Waals surface area contributed by atoms with Crippen LogP contribution < -0.4 is 10.3 Å². The number of nitrogens with one attached hydrogen (secondary N) is 1. The Bertz CT molecular complexity index is 1230. The molecule has 0 amide bonds. The van der Waals surface area contributed by atoms with Crippen molar-refractivity contribution >= 4 is 27.2 Å². The Morgan fingerprint density at radius 1 is 1.19 bits per heavy atom. The molecule has 0 aliphatic heterocycles. The lowest BCUT2D eigenvalue weighted by molar-refractivity contribution is -0.385. The third-order valence-electron chi connectivity index (χ3n) is 3.81. The van der Waals surface area contributed by atoms with E-state index >= 15 is 0 Å². The molecule has 4 aromatic rings. The van der Waals surface area contributed by atoms with Crippen LogP contribution in [0.2, 0.25) is 0 Å². The Hall–Kier alpha value is -3.59. The van der Waals surface area contributed by atoms with Crippen LogP contribution in [0.4, 0.5) is 10.1 Å². The van der Waals surface area contributed by atoms with Crippen LogP contribution in [0.15, 0.2) is 59.7 Å². The number of ether oxygens (including phenoxy) is 1. The summed E-state index contributed by atoms with van der Waals surface area (Å²) in [7, 11) is 0. The van der Waals surface area contributed by atoms with Gasteiger partial charge in [0.05, 0.1) is 26.8 Å². The molecule has 0 bridgehead atoms. The number of halogens is 1. The topological polar surface area (TPSA) is 98.1 Å². The van der Waals surface area contributed by atoms with Gasteiger partial charge in [0.25, 0.3) is 11.2 Å². The molecule has 0 radical (unpaired) electrons. The number of aromatic nitrogens is 2. The monoisotopic (exact) mass is 383 g/mol. The average molecular weight is 383 g/mol. The van der Waals surface area contributed by atoms with Gasteiger partial charge in [0.2, 0.25) is 0 Å². The number of pyridine rings is 2. The van der Waals surface area contributed by atoms with Crippen LogP contribution >= 0.6 is 11.3 Å². The Balaban J connectivity index is 1.76. The molecule has 4 rings (SSSR count). The van der Waals surface area contributed by atoms with Crippen LogP contribution in [0, 0.1) is 15.9 Å². The lowest BCUT2D eigenvalue weighted by Gasteiger charge is -2.07. The predicted octanol–water partition coefficient (Wildman–Crippen LogP) is 4.49. The zero-order valence-electron chi connectivity index (χ0n) is 13.5. The number of H-pyrrole nitrogens is 1. The Labute approximate surface area is 154 Å². The summed E-state index contributed by atoms with van der Waals surface area (Å²) < 4.78 is 20.4. The van der Waals surface area contributed by atoms with Crippen LogP contribution in [0.25, 0.3) is 20.7 Å². The van der Waals surface area contributed by atoms with Gasteiger partial charge in [0.15, 0.2) is 11.6 Å². The summed E-state index contributed by atoms with van der Waals surface area (Å²) in [5, 5.41) is 10.7. The Morgan fingerprint density at radius 2 is 2.04 bits per heavy atom. The van der Waals surface area contributed by atoms with E-state index in [1.165, 1.54) is 29.7 Å². The molecule has 0 spiro atoms. The van der Waals surface area contributed by atoms with Crippen molar-refractivity contribution in [3.8, 4) is 21.9 Å². The van der Waals surface area contributed by atoms with E-state index in [4.69, 9.17) is 4.74 Å². The van der Waals surface area contributed by atoms with Crippen molar-refractivity contribution in [1.29, 1.82) is 0 Å². The van der Waals surface area contributed by atoms with Crippen LogP contribution in [0.3, 0.4) is 0 Å². The normalized spacial score (nSPS) is 10.9. The van der Waals surface area contributed by atoms with E-state index in [9.17, 15) is 19.3 Å². The van der Waals surface area contributed by atoms with Crippen LogP contribution in [-0.2, 0) is 0 Å². The SMILES string of the molecule is O=c1[nH]cccc1-c1cc2nccc(Oc3ccc([N+](=O)[O-])cc3F)c2s1. The molecule has 134 valence electrons. The van der Waals surface area contributed by atoms with Crippen molar-refractivity contribution in [2.24, 2.45) is 0 Å². The minimum atomic E-state index is -0.842. The minimum absolute atomic E-state index is 0.138. The van der Waals surface area contributed by atoms with Crippen molar-refractivity contribution in [2.75, 3.05) is 0 Å². The summed E-state index contributed by atoms with van der Waals surface area (Å²) in [4.78, 5) is 29.6. The fourth-order valence-corrected chi connectivity index (χ4v) is 3.64. The number of nitro benzene ring substituents is 1. The summed E-state index contributed by atoms with van der Waals surface area (Å²) in [5.74, 6) is -0.637. The number of rotatable bonds is 4. The smallest absolute Gasteiger partial charge is 0.272 e. The van der Waals surface area contributed by atoms with Gasteiger partial charge in [-0.1, -0.05) is 0 Å². The maximum atomic E-state index is 14.1. The molecule has 0 unspecified atom stereocenters. The lowest BCUT2D eigenvalue weighted by atomic mass is 10.2. The molecule has 0 saturated heterocycles. The predicted molar refractivity (Wildman–Crippen MR) is 98.8 cm³/mol. The Morgan fingerprint density at radius 3 is 2.78 bits per heavy atom. The van der Waals surface area contributed by atoms with E-state index in [1.54, 1.807) is 30.5 Å². The van der Waals surface area contributed by atoms with Gasteiger partial charge in [-0.2, -0.15) is 0 Å². The molecule has 3 aromatic heterocycles. The second-order valence-corrected chi connectivity index (χ2v) is 6.57. The largest absolute Gasteiger partial charge is 0.453 e. The van der Waals surface area contributed by atoms with Gasteiger partial charge in [0, 0.05) is 29.4 Å². The van der Waals surface area contributed by atoms with E-state index < -0.39 is 10.7 Å². The van der Waals surface area contributed by atoms with Gasteiger partial charge in [-0.3, -0.25) is 19.9 Å². The van der Waals surface area contributed by atoms with Crippen LogP contribution in [-0.4, -0.2) is 14.9 Å². The molecule has 3 heterocycles. The van der Waals surface area contributed by atoms with Gasteiger partial charge in [-0.05, 0) is 24.3 Å². The molecule has 1 aromatic carbocycles. The highest BCUT2D eigenvalue weighted by Crippen LogP contribution is 2.39. The van der Waals surface area contributed by atoms with Gasteiger partial charge < -0.3 is 9.72 Å². The van der Waals surface area contributed by atoms with Crippen molar-refractivity contribution in [1.82, 2.24) is 9.97 Å². The zero-order valence-corrected chi connectivity index (χ0v) is 14.3. The number of nitrogens with zero attached hydrogens (tertiary/aromatic N) is 2. The minimum Gasteiger partial charge on any atom is -0.453 e. The number of non-ortho nitro benzene ring substituents is 1. The fraction of sp³-hybridized carbons (Fsp3) is 0. The van der Waals surface area contributed by atoms with Crippen molar-refractivity contribution in [2.45, 2.75) is 0 Å². The Kier molecular flexibility index (Phi) is 4.13. The van der Waals surface area contributed by atoms with Crippen molar-refractivity contribution in [3.63, 3.8) is 0 Å². The molecule has 9 heteroatoms. The summed E-state index contributed by atoms with van der Waals surface area (Å²) in [6.45, 7) is 0. The first-order valence-corrected chi connectivity index (χ1v) is 8.53. The molecule has 0 fully saturated rings. The maximum Gasteiger partial charge on any atom is 0.272 e. The maximum absolute atomic E-state index is 14.1. The molecule has 0 saturated carbocycles. The first-order valence-electron chi connectivity index (χ1n) is 7.71. The standard InChI is InChI=1S/C18H10FN3O4S/c19-12-8-10(22(24)25)3-4-14(12)26-15-5-7-20-13-9-16(27-17(13)15)11-2-1-6-21-18(11)23/h1-9H,(H,21,23).